The van der Waals surface area contributed by atoms with Gasteiger partial charge >= 0.3 is 0 Å². The Bertz CT molecular complexity index is 782. The zero-order valence-electron chi connectivity index (χ0n) is 12.5. The average molecular weight is 322 g/mol. The maximum atomic E-state index is 5.84. The lowest BCUT2D eigenvalue weighted by atomic mass is 10.0. The molecule has 0 saturated heterocycles. The molecule has 0 fully saturated rings. The maximum Gasteiger partial charge on any atom is 0.142 e. The van der Waals surface area contributed by atoms with Crippen molar-refractivity contribution in [2.45, 2.75) is 6.61 Å². The summed E-state index contributed by atoms with van der Waals surface area (Å²) < 4.78 is 0. The van der Waals surface area contributed by atoms with Crippen molar-refractivity contribution in [3.8, 4) is 11.1 Å². The van der Waals surface area contributed by atoms with E-state index < -0.39 is 0 Å². The zero-order chi connectivity index (χ0) is 15.9. The van der Waals surface area contributed by atoms with Gasteiger partial charge in [0, 0.05) is 5.02 Å². The van der Waals surface area contributed by atoms with Crippen LogP contribution in [0.25, 0.3) is 11.1 Å². The van der Waals surface area contributed by atoms with E-state index in [4.69, 9.17) is 16.4 Å². The summed E-state index contributed by atoms with van der Waals surface area (Å²) in [4.78, 5) is 5.38. The van der Waals surface area contributed by atoms with Gasteiger partial charge < -0.3 is 4.84 Å². The van der Waals surface area contributed by atoms with E-state index in [9.17, 15) is 0 Å². The molecule has 0 aliphatic carbocycles. The quantitative estimate of drug-likeness (QED) is 0.445. The van der Waals surface area contributed by atoms with Crippen molar-refractivity contribution in [3.05, 3.63) is 95.0 Å². The maximum absolute atomic E-state index is 5.84. The van der Waals surface area contributed by atoms with Crippen molar-refractivity contribution in [1.82, 2.24) is 0 Å². The van der Waals surface area contributed by atoms with Crippen LogP contribution in [0.1, 0.15) is 11.1 Å². The van der Waals surface area contributed by atoms with E-state index in [0.29, 0.717) is 11.6 Å². The molecule has 2 nitrogen and oxygen atoms in total. The highest BCUT2D eigenvalue weighted by atomic mass is 35.5. The molecule has 0 spiro atoms. The molecule has 0 N–H and O–H groups in total. The summed E-state index contributed by atoms with van der Waals surface area (Å²) in [6.07, 6.45) is 1.68. The Morgan fingerprint density at radius 1 is 0.826 bits per heavy atom. The summed E-state index contributed by atoms with van der Waals surface area (Å²) >= 11 is 5.84. The Labute approximate surface area is 141 Å². The molecular formula is C20H16ClNO. The summed E-state index contributed by atoms with van der Waals surface area (Å²) in [6, 6.07) is 26.0. The number of nitrogens with zero attached hydrogens (tertiary/aromatic N) is 1. The number of benzene rings is 3. The first-order chi connectivity index (χ1) is 11.3. The lowest BCUT2D eigenvalue weighted by Crippen LogP contribution is -1.89. The van der Waals surface area contributed by atoms with Gasteiger partial charge in [-0.05, 0) is 40.5 Å². The first-order valence-electron chi connectivity index (χ1n) is 7.36. The Morgan fingerprint density at radius 2 is 1.57 bits per heavy atom. The predicted octanol–water partition coefficient (Wildman–Crippen LogP) is 5.56. The van der Waals surface area contributed by atoms with Crippen molar-refractivity contribution in [1.29, 1.82) is 0 Å². The first-order valence-corrected chi connectivity index (χ1v) is 7.74. The van der Waals surface area contributed by atoms with E-state index >= 15 is 0 Å². The molecule has 0 amide bonds. The van der Waals surface area contributed by atoms with Gasteiger partial charge in [-0.3, -0.25) is 0 Å². The van der Waals surface area contributed by atoms with Crippen LogP contribution in [-0.2, 0) is 11.4 Å². The number of hydrogen-bond donors (Lipinski definition) is 0. The van der Waals surface area contributed by atoms with Crippen LogP contribution >= 0.6 is 11.6 Å². The molecule has 3 heteroatoms. The lowest BCUT2D eigenvalue weighted by Gasteiger charge is -2.05. The van der Waals surface area contributed by atoms with E-state index in [2.05, 4.69) is 29.4 Å². The fourth-order valence-corrected chi connectivity index (χ4v) is 2.36. The third kappa shape index (κ3) is 4.44. The monoisotopic (exact) mass is 321 g/mol. The van der Waals surface area contributed by atoms with Gasteiger partial charge in [0.15, 0.2) is 0 Å². The van der Waals surface area contributed by atoms with Crippen LogP contribution < -0.4 is 0 Å². The van der Waals surface area contributed by atoms with Gasteiger partial charge in [0.05, 0.1) is 6.21 Å². The third-order valence-electron chi connectivity index (χ3n) is 3.41. The molecule has 23 heavy (non-hydrogen) atoms. The molecule has 3 aromatic carbocycles. The van der Waals surface area contributed by atoms with Crippen molar-refractivity contribution < 1.29 is 4.84 Å². The van der Waals surface area contributed by atoms with E-state index in [1.807, 2.05) is 54.6 Å². The third-order valence-corrected chi connectivity index (χ3v) is 3.66. The molecular weight excluding hydrogens is 306 g/mol. The molecule has 0 heterocycles. The summed E-state index contributed by atoms with van der Waals surface area (Å²) in [5.41, 5.74) is 4.40. The predicted molar refractivity (Wildman–Crippen MR) is 95.7 cm³/mol. The number of halogens is 1. The molecule has 0 bridgehead atoms. The standard InChI is InChI=1S/C20H16ClNO/c21-20-11-9-16(10-12-20)14-22-23-15-17-5-4-8-19(13-17)18-6-2-1-3-7-18/h1-14H,15H2. The number of hydrogen-bond acceptors (Lipinski definition) is 2. The van der Waals surface area contributed by atoms with Gasteiger partial charge in [-0.2, -0.15) is 0 Å². The van der Waals surface area contributed by atoms with Crippen LogP contribution in [0.4, 0.5) is 0 Å². The summed E-state index contributed by atoms with van der Waals surface area (Å²) in [5, 5.41) is 4.71. The van der Waals surface area contributed by atoms with Crippen molar-refractivity contribution >= 4 is 17.8 Å². The average Bonchev–Trinajstić information content (AvgIpc) is 2.61. The van der Waals surface area contributed by atoms with E-state index in [-0.39, 0.29) is 0 Å². The van der Waals surface area contributed by atoms with Gasteiger partial charge in [-0.25, -0.2) is 0 Å². The van der Waals surface area contributed by atoms with Crippen LogP contribution in [-0.4, -0.2) is 6.21 Å². The molecule has 0 aromatic heterocycles. The van der Waals surface area contributed by atoms with Crippen molar-refractivity contribution in [2.75, 3.05) is 0 Å². The normalized spacial score (nSPS) is 10.8. The lowest BCUT2D eigenvalue weighted by molar-refractivity contribution is 0.132. The van der Waals surface area contributed by atoms with Crippen molar-refractivity contribution in [3.63, 3.8) is 0 Å². The number of rotatable bonds is 5. The fourth-order valence-electron chi connectivity index (χ4n) is 2.23. The van der Waals surface area contributed by atoms with E-state index in [1.54, 1.807) is 6.21 Å². The number of oxime groups is 1. The molecule has 0 radical (unpaired) electrons. The highest BCUT2D eigenvalue weighted by Gasteiger charge is 1.99. The fraction of sp³-hybridized carbons (Fsp3) is 0.0500. The van der Waals surface area contributed by atoms with Crippen LogP contribution in [0.15, 0.2) is 84.0 Å². The molecule has 0 saturated carbocycles. The highest BCUT2D eigenvalue weighted by Crippen LogP contribution is 2.20. The smallest absolute Gasteiger partial charge is 0.142 e. The van der Waals surface area contributed by atoms with Crippen LogP contribution in [0, 0.1) is 0 Å². The van der Waals surface area contributed by atoms with Gasteiger partial charge in [0.2, 0.25) is 0 Å². The van der Waals surface area contributed by atoms with Gasteiger partial charge in [-0.15, -0.1) is 0 Å². The Morgan fingerprint density at radius 3 is 2.35 bits per heavy atom. The van der Waals surface area contributed by atoms with Crippen LogP contribution in [0.3, 0.4) is 0 Å². The minimum absolute atomic E-state index is 0.435. The molecule has 114 valence electrons. The minimum atomic E-state index is 0.435. The molecule has 0 aliphatic heterocycles. The Kier molecular flexibility index (Phi) is 5.07. The summed E-state index contributed by atoms with van der Waals surface area (Å²) in [7, 11) is 0. The molecule has 3 aromatic rings. The molecule has 0 unspecified atom stereocenters. The summed E-state index contributed by atoms with van der Waals surface area (Å²) in [5.74, 6) is 0. The Hall–Kier alpha value is -2.58. The molecule has 0 atom stereocenters. The summed E-state index contributed by atoms with van der Waals surface area (Å²) in [6.45, 7) is 0.435. The second-order valence-corrected chi connectivity index (χ2v) is 5.56. The largest absolute Gasteiger partial charge is 0.391 e. The topological polar surface area (TPSA) is 21.6 Å². The van der Waals surface area contributed by atoms with Gasteiger partial charge in [0.25, 0.3) is 0 Å². The van der Waals surface area contributed by atoms with E-state index in [0.717, 1.165) is 11.1 Å². The van der Waals surface area contributed by atoms with E-state index in [1.165, 1.54) is 11.1 Å². The van der Waals surface area contributed by atoms with Crippen molar-refractivity contribution in [2.24, 2.45) is 5.16 Å². The molecule has 0 aliphatic rings. The second-order valence-electron chi connectivity index (χ2n) is 5.13. The second kappa shape index (κ2) is 7.61. The Balaban J connectivity index is 1.61. The van der Waals surface area contributed by atoms with Gasteiger partial charge in [0.1, 0.15) is 6.61 Å². The first kappa shape index (κ1) is 15.3. The minimum Gasteiger partial charge on any atom is -0.391 e. The SMILES string of the molecule is Clc1ccc(C=NOCc2cccc(-c3ccccc3)c2)cc1. The highest BCUT2D eigenvalue weighted by molar-refractivity contribution is 6.30. The van der Waals surface area contributed by atoms with Crippen LogP contribution in [0.5, 0.6) is 0 Å². The van der Waals surface area contributed by atoms with Gasteiger partial charge in [-0.1, -0.05) is 77.4 Å². The van der Waals surface area contributed by atoms with Crippen LogP contribution in [0.2, 0.25) is 5.02 Å². The zero-order valence-corrected chi connectivity index (χ0v) is 13.3. The molecule has 3 rings (SSSR count).